The standard InChI is InChI=1S/C13H10N4OS/c1-18-12-5-10(3-4-13(12)19-2)17-11(8-16)9(6-14)7-15/h3-5,17H,1-2H3. The summed E-state index contributed by atoms with van der Waals surface area (Å²) < 4.78 is 5.22. The number of nitrogens with zero attached hydrogens (tertiary/aromatic N) is 3. The van der Waals surface area contributed by atoms with Gasteiger partial charge in [0.2, 0.25) is 0 Å². The van der Waals surface area contributed by atoms with Gasteiger partial charge in [-0.05, 0) is 18.4 Å². The number of hydrogen-bond acceptors (Lipinski definition) is 6. The van der Waals surface area contributed by atoms with Crippen molar-refractivity contribution in [1.82, 2.24) is 0 Å². The van der Waals surface area contributed by atoms with Crippen molar-refractivity contribution in [2.24, 2.45) is 0 Å². The van der Waals surface area contributed by atoms with Crippen molar-refractivity contribution in [3.05, 3.63) is 29.5 Å². The molecule has 0 radical (unpaired) electrons. The van der Waals surface area contributed by atoms with Crippen LogP contribution in [0.15, 0.2) is 34.4 Å². The fraction of sp³-hybridized carbons (Fsp3) is 0.154. The molecule has 1 N–H and O–H groups in total. The molecule has 0 saturated heterocycles. The van der Waals surface area contributed by atoms with Crippen LogP contribution >= 0.6 is 11.8 Å². The van der Waals surface area contributed by atoms with E-state index >= 15 is 0 Å². The van der Waals surface area contributed by atoms with E-state index in [1.54, 1.807) is 37.5 Å². The minimum absolute atomic E-state index is 0.0797. The molecule has 0 fully saturated rings. The predicted octanol–water partition coefficient (Wildman–Crippen LogP) is 2.65. The summed E-state index contributed by atoms with van der Waals surface area (Å²) in [7, 11) is 1.55. The van der Waals surface area contributed by atoms with E-state index in [1.165, 1.54) is 11.8 Å². The molecule has 0 aliphatic rings. The number of ether oxygens (including phenoxy) is 1. The molecule has 6 heteroatoms. The van der Waals surface area contributed by atoms with Gasteiger partial charge in [-0.2, -0.15) is 15.8 Å². The minimum atomic E-state index is -0.254. The van der Waals surface area contributed by atoms with Crippen molar-refractivity contribution >= 4 is 17.4 Å². The molecule has 0 bridgehead atoms. The Morgan fingerprint density at radius 1 is 1.21 bits per heavy atom. The van der Waals surface area contributed by atoms with E-state index < -0.39 is 0 Å². The lowest BCUT2D eigenvalue weighted by Crippen LogP contribution is -2.01. The summed E-state index contributed by atoms with van der Waals surface area (Å²) in [5.41, 5.74) is 0.244. The third-order valence-corrected chi connectivity index (χ3v) is 3.02. The average Bonchev–Trinajstić information content (AvgIpc) is 2.46. The Morgan fingerprint density at radius 3 is 2.37 bits per heavy atom. The Bertz CT molecular complexity index is 616. The van der Waals surface area contributed by atoms with Crippen molar-refractivity contribution in [2.75, 3.05) is 18.7 Å². The lowest BCUT2D eigenvalue weighted by atomic mass is 10.2. The van der Waals surface area contributed by atoms with Crippen LogP contribution in [-0.4, -0.2) is 13.4 Å². The van der Waals surface area contributed by atoms with E-state index in [0.29, 0.717) is 11.4 Å². The summed E-state index contributed by atoms with van der Waals surface area (Å²) in [6.45, 7) is 0. The summed E-state index contributed by atoms with van der Waals surface area (Å²) in [5.74, 6) is 0.658. The van der Waals surface area contributed by atoms with E-state index in [4.69, 9.17) is 20.5 Å². The van der Waals surface area contributed by atoms with Gasteiger partial charge in [0.05, 0.1) is 7.11 Å². The molecule has 0 amide bonds. The molecular weight excluding hydrogens is 260 g/mol. The van der Waals surface area contributed by atoms with Gasteiger partial charge in [0.15, 0.2) is 5.57 Å². The first kappa shape index (κ1) is 14.4. The first-order chi connectivity index (χ1) is 9.19. The Labute approximate surface area is 115 Å². The molecule has 0 atom stereocenters. The van der Waals surface area contributed by atoms with E-state index in [-0.39, 0.29) is 11.3 Å². The Kier molecular flexibility index (Phi) is 5.29. The van der Waals surface area contributed by atoms with Crippen molar-refractivity contribution in [3.63, 3.8) is 0 Å². The highest BCUT2D eigenvalue weighted by Gasteiger charge is 2.08. The number of nitrogens with one attached hydrogen (secondary N) is 1. The maximum atomic E-state index is 8.94. The van der Waals surface area contributed by atoms with Gasteiger partial charge in [-0.3, -0.25) is 0 Å². The predicted molar refractivity (Wildman–Crippen MR) is 72.3 cm³/mol. The molecule has 1 aromatic carbocycles. The van der Waals surface area contributed by atoms with Gasteiger partial charge in [-0.1, -0.05) is 0 Å². The zero-order valence-corrected chi connectivity index (χ0v) is 11.2. The van der Waals surface area contributed by atoms with E-state index in [9.17, 15) is 0 Å². The quantitative estimate of drug-likeness (QED) is 0.667. The van der Waals surface area contributed by atoms with Gasteiger partial charge >= 0.3 is 0 Å². The molecule has 5 nitrogen and oxygen atoms in total. The Balaban J connectivity index is 3.15. The molecule has 0 aromatic heterocycles. The number of benzene rings is 1. The number of anilines is 1. The van der Waals surface area contributed by atoms with Crippen LogP contribution in [0.5, 0.6) is 5.75 Å². The fourth-order valence-electron chi connectivity index (χ4n) is 1.34. The molecule has 0 aliphatic heterocycles. The van der Waals surface area contributed by atoms with E-state index in [2.05, 4.69) is 5.32 Å². The molecule has 0 aliphatic carbocycles. The van der Waals surface area contributed by atoms with Gasteiger partial charge < -0.3 is 10.1 Å². The van der Waals surface area contributed by atoms with Gasteiger partial charge in [0.25, 0.3) is 0 Å². The largest absolute Gasteiger partial charge is 0.496 e. The molecule has 1 rings (SSSR count). The highest BCUT2D eigenvalue weighted by Crippen LogP contribution is 2.30. The normalized spacial score (nSPS) is 8.58. The lowest BCUT2D eigenvalue weighted by Gasteiger charge is -2.10. The van der Waals surface area contributed by atoms with Crippen LogP contribution in [0, 0.1) is 34.0 Å². The topological polar surface area (TPSA) is 92.6 Å². The van der Waals surface area contributed by atoms with Crippen LogP contribution in [-0.2, 0) is 0 Å². The van der Waals surface area contributed by atoms with Crippen LogP contribution in [0.4, 0.5) is 5.69 Å². The van der Waals surface area contributed by atoms with Crippen LogP contribution in [0.1, 0.15) is 0 Å². The second-order valence-corrected chi connectivity index (χ2v) is 4.13. The third kappa shape index (κ3) is 3.42. The van der Waals surface area contributed by atoms with E-state index in [0.717, 1.165) is 4.90 Å². The number of rotatable bonds is 4. The summed E-state index contributed by atoms with van der Waals surface area (Å²) in [6.07, 6.45) is 1.93. The second kappa shape index (κ2) is 6.96. The van der Waals surface area contributed by atoms with Crippen LogP contribution in [0.2, 0.25) is 0 Å². The van der Waals surface area contributed by atoms with Crippen LogP contribution in [0.25, 0.3) is 0 Å². The number of thioether (sulfide) groups is 1. The lowest BCUT2D eigenvalue weighted by molar-refractivity contribution is 0.405. The molecule has 0 unspecified atom stereocenters. The third-order valence-electron chi connectivity index (χ3n) is 2.24. The molecule has 94 valence electrons. The molecule has 0 heterocycles. The first-order valence-corrected chi connectivity index (χ1v) is 6.36. The van der Waals surface area contributed by atoms with Crippen LogP contribution < -0.4 is 10.1 Å². The SMILES string of the molecule is COc1cc(NC(C#N)=C(C#N)C#N)ccc1SC. The van der Waals surface area contributed by atoms with Crippen molar-refractivity contribution in [1.29, 1.82) is 15.8 Å². The van der Waals surface area contributed by atoms with E-state index in [1.807, 2.05) is 12.3 Å². The summed E-state index contributed by atoms with van der Waals surface area (Å²) in [4.78, 5) is 0.955. The average molecular weight is 270 g/mol. The number of nitriles is 3. The number of methoxy groups -OCH3 is 1. The highest BCUT2D eigenvalue weighted by atomic mass is 32.2. The summed E-state index contributed by atoms with van der Waals surface area (Å²) >= 11 is 1.53. The highest BCUT2D eigenvalue weighted by molar-refractivity contribution is 7.98. The first-order valence-electron chi connectivity index (χ1n) is 5.13. The van der Waals surface area contributed by atoms with Gasteiger partial charge in [-0.15, -0.1) is 11.8 Å². The second-order valence-electron chi connectivity index (χ2n) is 3.28. The minimum Gasteiger partial charge on any atom is -0.496 e. The van der Waals surface area contributed by atoms with Gasteiger partial charge in [-0.25, -0.2) is 0 Å². The van der Waals surface area contributed by atoms with Crippen molar-refractivity contribution in [3.8, 4) is 24.0 Å². The Morgan fingerprint density at radius 2 is 1.89 bits per heavy atom. The maximum Gasteiger partial charge on any atom is 0.163 e. The van der Waals surface area contributed by atoms with Crippen LogP contribution in [0.3, 0.4) is 0 Å². The van der Waals surface area contributed by atoms with Gasteiger partial charge in [0.1, 0.15) is 29.7 Å². The van der Waals surface area contributed by atoms with Crippen molar-refractivity contribution in [2.45, 2.75) is 4.90 Å². The molecule has 1 aromatic rings. The zero-order chi connectivity index (χ0) is 14.3. The van der Waals surface area contributed by atoms with Gasteiger partial charge in [0, 0.05) is 16.6 Å². The summed E-state index contributed by atoms with van der Waals surface area (Å²) in [5, 5.41) is 29.2. The maximum absolute atomic E-state index is 8.94. The number of hydrogen-bond donors (Lipinski definition) is 1. The molecule has 0 spiro atoms. The zero-order valence-electron chi connectivity index (χ0n) is 10.4. The molecule has 19 heavy (non-hydrogen) atoms. The Hall–Kier alpha value is -2.62. The molecule has 0 saturated carbocycles. The smallest absolute Gasteiger partial charge is 0.163 e. The monoisotopic (exact) mass is 270 g/mol. The summed E-state index contributed by atoms with van der Waals surface area (Å²) in [6, 6.07) is 10.4. The number of allylic oxidation sites excluding steroid dienone is 2. The fourth-order valence-corrected chi connectivity index (χ4v) is 1.89. The molecular formula is C13H10N4OS. The van der Waals surface area contributed by atoms with Crippen molar-refractivity contribution < 1.29 is 4.74 Å².